The van der Waals surface area contributed by atoms with Crippen molar-refractivity contribution in [3.05, 3.63) is 45.0 Å². The van der Waals surface area contributed by atoms with Crippen molar-refractivity contribution in [2.45, 2.75) is 32.9 Å². The lowest BCUT2D eigenvalue weighted by Crippen LogP contribution is -2.31. The summed E-state index contributed by atoms with van der Waals surface area (Å²) in [4.78, 5) is 14.8. The van der Waals surface area contributed by atoms with Gasteiger partial charge in [-0.2, -0.15) is 0 Å². The van der Waals surface area contributed by atoms with Gasteiger partial charge in [0.15, 0.2) is 0 Å². The van der Waals surface area contributed by atoms with Gasteiger partial charge in [-0.25, -0.2) is 4.79 Å². The Bertz CT molecular complexity index is 643. The monoisotopic (exact) mass is 291 g/mol. The van der Waals surface area contributed by atoms with Crippen LogP contribution in [0.5, 0.6) is 0 Å². The third kappa shape index (κ3) is 2.27. The summed E-state index contributed by atoms with van der Waals surface area (Å²) in [6, 6.07) is 4.14. The molecule has 106 valence electrons. The van der Waals surface area contributed by atoms with E-state index in [-0.39, 0.29) is 11.8 Å². The molecule has 0 aromatic carbocycles. The third-order valence-corrected chi connectivity index (χ3v) is 4.89. The predicted molar refractivity (Wildman–Crippen MR) is 77.3 cm³/mol. The van der Waals surface area contributed by atoms with Crippen molar-refractivity contribution in [1.82, 2.24) is 4.90 Å². The summed E-state index contributed by atoms with van der Waals surface area (Å²) in [5, 5.41) is 11.2. The van der Waals surface area contributed by atoms with E-state index in [1.54, 1.807) is 18.3 Å². The summed E-state index contributed by atoms with van der Waals surface area (Å²) in [6.45, 7) is 5.74. The Morgan fingerprint density at radius 3 is 3.05 bits per heavy atom. The molecule has 0 radical (unpaired) electrons. The Kier molecular flexibility index (Phi) is 3.40. The predicted octanol–water partition coefficient (Wildman–Crippen LogP) is 3.47. The van der Waals surface area contributed by atoms with Crippen LogP contribution in [0.25, 0.3) is 0 Å². The maximum absolute atomic E-state index is 11.1. The van der Waals surface area contributed by atoms with Crippen molar-refractivity contribution in [2.24, 2.45) is 0 Å². The highest BCUT2D eigenvalue weighted by Gasteiger charge is 2.26. The van der Waals surface area contributed by atoms with Gasteiger partial charge >= 0.3 is 5.97 Å². The Balaban J connectivity index is 1.81. The van der Waals surface area contributed by atoms with Crippen molar-refractivity contribution in [2.75, 3.05) is 6.54 Å². The number of thiophene rings is 1. The maximum atomic E-state index is 11.1. The molecule has 0 saturated heterocycles. The van der Waals surface area contributed by atoms with E-state index in [1.807, 2.05) is 6.07 Å². The van der Waals surface area contributed by atoms with Crippen molar-refractivity contribution in [3.63, 3.8) is 0 Å². The molecule has 0 amide bonds. The molecule has 1 N–H and O–H groups in total. The summed E-state index contributed by atoms with van der Waals surface area (Å²) in [5.74, 6) is -0.208. The molecule has 20 heavy (non-hydrogen) atoms. The Morgan fingerprint density at radius 2 is 2.35 bits per heavy atom. The van der Waals surface area contributed by atoms with Crippen LogP contribution in [-0.4, -0.2) is 22.5 Å². The van der Waals surface area contributed by atoms with Crippen LogP contribution in [-0.2, 0) is 13.0 Å². The molecule has 0 bridgehead atoms. The highest BCUT2D eigenvalue weighted by Crippen LogP contribution is 2.31. The minimum atomic E-state index is -1.000. The molecule has 3 rings (SSSR count). The van der Waals surface area contributed by atoms with Crippen molar-refractivity contribution in [1.29, 1.82) is 0 Å². The number of furan rings is 1. The standard InChI is InChI=1S/C15H17NO3S/c1-9-7-12(19-14(9)15(17)18)10(2)16-5-3-11-4-6-20-13(11)8-16/h4,6-7,10H,3,5,8H2,1-2H3,(H,17,18). The number of aryl methyl sites for hydroxylation is 1. The highest BCUT2D eigenvalue weighted by molar-refractivity contribution is 7.10. The zero-order chi connectivity index (χ0) is 14.3. The molecule has 3 heterocycles. The van der Waals surface area contributed by atoms with Crippen LogP contribution in [0, 0.1) is 6.92 Å². The first-order chi connectivity index (χ1) is 9.56. The number of carboxylic acid groups (broad SMARTS) is 1. The number of rotatable bonds is 3. The zero-order valence-corrected chi connectivity index (χ0v) is 12.4. The first-order valence-electron chi connectivity index (χ1n) is 6.69. The van der Waals surface area contributed by atoms with Gasteiger partial charge in [-0.05, 0) is 43.3 Å². The molecule has 0 fully saturated rings. The molecule has 2 aromatic heterocycles. The quantitative estimate of drug-likeness (QED) is 0.941. The van der Waals surface area contributed by atoms with Crippen LogP contribution in [0.1, 0.15) is 45.3 Å². The smallest absolute Gasteiger partial charge is 0.372 e. The average Bonchev–Trinajstić information content (AvgIpc) is 3.02. The van der Waals surface area contributed by atoms with E-state index in [2.05, 4.69) is 23.3 Å². The van der Waals surface area contributed by atoms with Crippen molar-refractivity contribution < 1.29 is 14.3 Å². The minimum Gasteiger partial charge on any atom is -0.475 e. The van der Waals surface area contributed by atoms with Crippen LogP contribution < -0.4 is 0 Å². The van der Waals surface area contributed by atoms with Crippen LogP contribution in [0.3, 0.4) is 0 Å². The number of hydrogen-bond acceptors (Lipinski definition) is 4. The third-order valence-electron chi connectivity index (χ3n) is 3.94. The SMILES string of the molecule is Cc1cc(C(C)N2CCc3ccsc3C2)oc1C(=O)O. The summed E-state index contributed by atoms with van der Waals surface area (Å²) in [6.07, 6.45) is 1.05. The normalized spacial score (nSPS) is 16.9. The van der Waals surface area contributed by atoms with Crippen LogP contribution in [0.2, 0.25) is 0 Å². The van der Waals surface area contributed by atoms with Gasteiger partial charge in [-0.1, -0.05) is 0 Å². The van der Waals surface area contributed by atoms with Crippen LogP contribution in [0.4, 0.5) is 0 Å². The van der Waals surface area contributed by atoms with Gasteiger partial charge in [0.05, 0.1) is 6.04 Å². The van der Waals surface area contributed by atoms with E-state index in [4.69, 9.17) is 9.52 Å². The lowest BCUT2D eigenvalue weighted by molar-refractivity contribution is 0.0654. The molecule has 1 unspecified atom stereocenters. The Morgan fingerprint density at radius 1 is 1.55 bits per heavy atom. The number of carbonyl (C=O) groups is 1. The van der Waals surface area contributed by atoms with E-state index >= 15 is 0 Å². The van der Waals surface area contributed by atoms with E-state index < -0.39 is 5.97 Å². The summed E-state index contributed by atoms with van der Waals surface area (Å²) >= 11 is 1.79. The number of nitrogens with zero attached hydrogens (tertiary/aromatic N) is 1. The van der Waals surface area contributed by atoms with Gasteiger partial charge in [0, 0.05) is 23.5 Å². The molecule has 0 saturated carbocycles. The van der Waals surface area contributed by atoms with Gasteiger partial charge in [0.25, 0.3) is 0 Å². The molecule has 1 aliphatic heterocycles. The lowest BCUT2D eigenvalue weighted by Gasteiger charge is -2.31. The van der Waals surface area contributed by atoms with Crippen LogP contribution in [0.15, 0.2) is 21.9 Å². The fraction of sp³-hybridized carbons (Fsp3) is 0.400. The van der Waals surface area contributed by atoms with Gasteiger partial charge in [-0.3, -0.25) is 4.90 Å². The molecule has 2 aromatic rings. The van der Waals surface area contributed by atoms with Crippen molar-refractivity contribution >= 4 is 17.3 Å². The Labute approximate surface area is 121 Å². The molecule has 5 heteroatoms. The second-order valence-electron chi connectivity index (χ2n) is 5.23. The van der Waals surface area contributed by atoms with Gasteiger partial charge in [0.2, 0.25) is 5.76 Å². The fourth-order valence-corrected chi connectivity index (χ4v) is 3.65. The van der Waals surface area contributed by atoms with E-state index in [1.165, 1.54) is 10.4 Å². The molecule has 1 atom stereocenters. The maximum Gasteiger partial charge on any atom is 0.372 e. The first-order valence-corrected chi connectivity index (χ1v) is 7.57. The average molecular weight is 291 g/mol. The lowest BCUT2D eigenvalue weighted by atomic mass is 10.1. The number of aromatic carboxylic acids is 1. The summed E-state index contributed by atoms with van der Waals surface area (Å²) < 4.78 is 5.52. The molecular weight excluding hydrogens is 274 g/mol. The topological polar surface area (TPSA) is 53.7 Å². The molecule has 4 nitrogen and oxygen atoms in total. The highest BCUT2D eigenvalue weighted by atomic mass is 32.1. The minimum absolute atomic E-state index is 0.0562. The summed E-state index contributed by atoms with van der Waals surface area (Å²) in [7, 11) is 0. The zero-order valence-electron chi connectivity index (χ0n) is 11.5. The molecule has 0 spiro atoms. The van der Waals surface area contributed by atoms with E-state index in [9.17, 15) is 4.79 Å². The summed E-state index contributed by atoms with van der Waals surface area (Å²) in [5.41, 5.74) is 2.13. The van der Waals surface area contributed by atoms with Crippen LogP contribution >= 0.6 is 11.3 Å². The van der Waals surface area contributed by atoms with E-state index in [0.29, 0.717) is 5.56 Å². The van der Waals surface area contributed by atoms with Gasteiger partial charge in [-0.15, -0.1) is 11.3 Å². The van der Waals surface area contributed by atoms with Crippen molar-refractivity contribution in [3.8, 4) is 0 Å². The van der Waals surface area contributed by atoms with Gasteiger partial charge < -0.3 is 9.52 Å². The second-order valence-corrected chi connectivity index (χ2v) is 6.23. The van der Waals surface area contributed by atoms with E-state index in [0.717, 1.165) is 25.3 Å². The number of carboxylic acids is 1. The number of hydrogen-bond donors (Lipinski definition) is 1. The number of fused-ring (bicyclic) bond motifs is 1. The fourth-order valence-electron chi connectivity index (χ4n) is 2.69. The first kappa shape index (κ1) is 13.4. The molecule has 1 aliphatic rings. The van der Waals surface area contributed by atoms with Gasteiger partial charge in [0.1, 0.15) is 5.76 Å². The Hall–Kier alpha value is -1.59. The largest absolute Gasteiger partial charge is 0.475 e. The second kappa shape index (κ2) is 5.07. The molecule has 0 aliphatic carbocycles. The molecular formula is C15H17NO3S.